The zero-order chi connectivity index (χ0) is 48.3. The Labute approximate surface area is 399 Å². The highest BCUT2D eigenvalue weighted by Gasteiger charge is 2.47. The maximum Gasteiger partial charge on any atom is 0.306 e. The number of aliphatic hydroxyl groups is 5. The summed E-state index contributed by atoms with van der Waals surface area (Å²) in [6.45, 7) is 5.42. The van der Waals surface area contributed by atoms with Crippen LogP contribution in [0.3, 0.4) is 0 Å². The van der Waals surface area contributed by atoms with Crippen molar-refractivity contribution in [3.05, 3.63) is 97.2 Å². The number of amides is 1. The molecular formula is C55H91NO10. The molecule has 0 saturated carbocycles. The molecule has 1 heterocycles. The largest absolute Gasteiger partial charge is 0.454 e. The second-order valence-electron chi connectivity index (χ2n) is 17.3. The van der Waals surface area contributed by atoms with Crippen LogP contribution in [0, 0.1) is 0 Å². The van der Waals surface area contributed by atoms with Crippen molar-refractivity contribution in [3.8, 4) is 0 Å². The van der Waals surface area contributed by atoms with Crippen molar-refractivity contribution < 1.29 is 49.3 Å². The molecule has 1 fully saturated rings. The van der Waals surface area contributed by atoms with Crippen LogP contribution >= 0.6 is 0 Å². The predicted molar refractivity (Wildman–Crippen MR) is 268 cm³/mol. The van der Waals surface area contributed by atoms with Crippen molar-refractivity contribution in [2.75, 3.05) is 13.2 Å². The first-order valence-electron chi connectivity index (χ1n) is 25.6. The van der Waals surface area contributed by atoms with Crippen LogP contribution in [-0.2, 0) is 23.8 Å². The van der Waals surface area contributed by atoms with Gasteiger partial charge in [0.25, 0.3) is 0 Å². The molecule has 11 heteroatoms. The van der Waals surface area contributed by atoms with Crippen LogP contribution in [-0.4, -0.2) is 99.6 Å². The van der Waals surface area contributed by atoms with Gasteiger partial charge < -0.3 is 45.1 Å². The molecule has 8 unspecified atom stereocenters. The summed E-state index contributed by atoms with van der Waals surface area (Å²) in [6.07, 6.45) is 44.7. The lowest BCUT2D eigenvalue weighted by atomic mass is 9.99. The van der Waals surface area contributed by atoms with Crippen LogP contribution in [0.1, 0.15) is 175 Å². The summed E-state index contributed by atoms with van der Waals surface area (Å²) in [6, 6.07) is -1.05. The molecule has 376 valence electrons. The van der Waals surface area contributed by atoms with E-state index in [2.05, 4.69) is 44.3 Å². The number of aliphatic hydroxyl groups excluding tert-OH is 5. The fraction of sp³-hybridized carbons (Fsp3) is 0.673. The van der Waals surface area contributed by atoms with Gasteiger partial charge in [0, 0.05) is 6.42 Å². The SMILES string of the molecule is CC/C=C/C=C/C=C\C=C/CCCCC(O)C(=O)NC(COC1OC(CO)C(O)C(O)C1OC(=O)CCCCCCC\C=C/C=C/C=C/CC)C(O)/C=C/CCCCCCCCCCCC. The van der Waals surface area contributed by atoms with Crippen LogP contribution in [0.4, 0.5) is 0 Å². The Morgan fingerprint density at radius 1 is 0.606 bits per heavy atom. The predicted octanol–water partition coefficient (Wildman–Crippen LogP) is 10.4. The smallest absolute Gasteiger partial charge is 0.306 e. The monoisotopic (exact) mass is 926 g/mol. The maximum atomic E-state index is 13.3. The summed E-state index contributed by atoms with van der Waals surface area (Å²) in [5, 5.41) is 56.5. The quantitative estimate of drug-likeness (QED) is 0.0150. The zero-order valence-electron chi connectivity index (χ0n) is 41.0. The van der Waals surface area contributed by atoms with Gasteiger partial charge >= 0.3 is 5.97 Å². The van der Waals surface area contributed by atoms with Crippen molar-refractivity contribution in [2.24, 2.45) is 0 Å². The van der Waals surface area contributed by atoms with Crippen molar-refractivity contribution >= 4 is 11.9 Å². The van der Waals surface area contributed by atoms with Gasteiger partial charge in [-0.2, -0.15) is 0 Å². The van der Waals surface area contributed by atoms with E-state index < -0.39 is 67.4 Å². The summed E-state index contributed by atoms with van der Waals surface area (Å²) in [7, 11) is 0. The molecule has 1 rings (SSSR count). The van der Waals surface area contributed by atoms with Gasteiger partial charge in [-0.05, 0) is 64.2 Å². The fourth-order valence-corrected chi connectivity index (χ4v) is 7.31. The number of unbranched alkanes of at least 4 members (excludes halogenated alkanes) is 17. The lowest BCUT2D eigenvalue weighted by Crippen LogP contribution is -2.61. The van der Waals surface area contributed by atoms with E-state index in [1.807, 2.05) is 72.9 Å². The van der Waals surface area contributed by atoms with Crippen LogP contribution < -0.4 is 5.32 Å². The first-order chi connectivity index (χ1) is 32.2. The molecule has 6 N–H and O–H groups in total. The van der Waals surface area contributed by atoms with Crippen molar-refractivity contribution in [1.29, 1.82) is 0 Å². The standard InChI is InChI=1S/C55H91NO10/c1-4-7-10-13-16-19-22-25-28-31-34-37-40-43-50(60)66-53-52(62)51(61)49(44-57)65-55(53)64-45-46(47(58)41-38-35-32-29-26-23-20-17-14-11-8-5-2)56-54(63)48(59)42-39-36-33-30-27-24-21-18-15-12-9-6-3/h7,9-10,12-13,15-16,18-19,21-22,24,27,30,38,41,46-49,51-53,55,57-59,61-62H,4-6,8,11,14,17,20,23,25-26,28-29,31-37,39-40,42-45H2,1-3H3,(H,56,63)/b10-7+,12-9+,16-13+,18-15+,22-19-,24-21-,30-27-,41-38+. The Bertz CT molecular complexity index is 1430. The Hall–Kier alpha value is -3.42. The highest BCUT2D eigenvalue weighted by atomic mass is 16.7. The molecule has 1 aliphatic rings. The van der Waals surface area contributed by atoms with E-state index in [0.717, 1.165) is 83.5 Å². The van der Waals surface area contributed by atoms with Gasteiger partial charge in [-0.1, -0.05) is 201 Å². The minimum atomic E-state index is -1.63. The summed E-state index contributed by atoms with van der Waals surface area (Å²) < 4.78 is 17.4. The van der Waals surface area contributed by atoms with E-state index in [0.29, 0.717) is 12.8 Å². The molecule has 0 aromatic heterocycles. The topological polar surface area (TPSA) is 175 Å². The Kier molecular flexibility index (Phi) is 39.4. The number of hydrogen-bond donors (Lipinski definition) is 6. The molecule has 66 heavy (non-hydrogen) atoms. The molecule has 0 aromatic rings. The van der Waals surface area contributed by atoms with E-state index in [9.17, 15) is 35.1 Å². The van der Waals surface area contributed by atoms with Crippen molar-refractivity contribution in [2.45, 2.75) is 224 Å². The number of allylic oxidation sites excluding steroid dienone is 15. The number of carbonyl (C=O) groups is 2. The van der Waals surface area contributed by atoms with Crippen LogP contribution in [0.2, 0.25) is 0 Å². The Morgan fingerprint density at radius 2 is 1.09 bits per heavy atom. The highest BCUT2D eigenvalue weighted by molar-refractivity contribution is 5.80. The van der Waals surface area contributed by atoms with Gasteiger partial charge in [0.15, 0.2) is 12.4 Å². The van der Waals surface area contributed by atoms with E-state index in [1.54, 1.807) is 6.08 Å². The van der Waals surface area contributed by atoms with Crippen LogP contribution in [0.5, 0.6) is 0 Å². The van der Waals surface area contributed by atoms with Gasteiger partial charge in [0.2, 0.25) is 5.91 Å². The van der Waals surface area contributed by atoms with E-state index >= 15 is 0 Å². The molecule has 0 bridgehead atoms. The average molecular weight is 926 g/mol. The van der Waals surface area contributed by atoms with E-state index in [-0.39, 0.29) is 19.4 Å². The number of rotatable bonds is 40. The molecule has 1 amide bonds. The van der Waals surface area contributed by atoms with Crippen LogP contribution in [0.25, 0.3) is 0 Å². The van der Waals surface area contributed by atoms with Crippen LogP contribution in [0.15, 0.2) is 97.2 Å². The maximum absolute atomic E-state index is 13.3. The fourth-order valence-electron chi connectivity index (χ4n) is 7.31. The molecule has 0 aliphatic carbocycles. The summed E-state index contributed by atoms with van der Waals surface area (Å²) in [4.78, 5) is 26.3. The molecule has 0 radical (unpaired) electrons. The Morgan fingerprint density at radius 3 is 1.64 bits per heavy atom. The average Bonchev–Trinajstić information content (AvgIpc) is 3.31. The number of hydrogen-bond acceptors (Lipinski definition) is 10. The van der Waals surface area contributed by atoms with Gasteiger partial charge in [0.1, 0.15) is 24.4 Å². The van der Waals surface area contributed by atoms with Crippen molar-refractivity contribution in [1.82, 2.24) is 5.32 Å². The van der Waals surface area contributed by atoms with E-state index in [4.69, 9.17) is 14.2 Å². The summed E-state index contributed by atoms with van der Waals surface area (Å²) in [5.41, 5.74) is 0. The molecule has 8 atom stereocenters. The first kappa shape index (κ1) is 60.6. The zero-order valence-corrected chi connectivity index (χ0v) is 41.0. The van der Waals surface area contributed by atoms with Gasteiger partial charge in [0.05, 0.1) is 25.4 Å². The third-order valence-corrected chi connectivity index (χ3v) is 11.4. The molecule has 1 saturated heterocycles. The summed E-state index contributed by atoms with van der Waals surface area (Å²) in [5.74, 6) is -1.27. The summed E-state index contributed by atoms with van der Waals surface area (Å²) >= 11 is 0. The number of ether oxygens (including phenoxy) is 3. The second-order valence-corrected chi connectivity index (χ2v) is 17.3. The second kappa shape index (κ2) is 42.9. The third kappa shape index (κ3) is 31.5. The normalized spacial score (nSPS) is 21.0. The number of nitrogens with one attached hydrogen (secondary N) is 1. The molecule has 0 spiro atoms. The number of esters is 1. The highest BCUT2D eigenvalue weighted by Crippen LogP contribution is 2.26. The lowest BCUT2D eigenvalue weighted by Gasteiger charge is -2.41. The molecular weight excluding hydrogens is 835 g/mol. The molecule has 11 nitrogen and oxygen atoms in total. The number of carbonyl (C=O) groups excluding carboxylic acids is 2. The van der Waals surface area contributed by atoms with Gasteiger partial charge in [-0.15, -0.1) is 0 Å². The van der Waals surface area contributed by atoms with Crippen molar-refractivity contribution in [3.63, 3.8) is 0 Å². The lowest BCUT2D eigenvalue weighted by molar-refractivity contribution is -0.305. The third-order valence-electron chi connectivity index (χ3n) is 11.4. The Balaban J connectivity index is 2.84. The van der Waals surface area contributed by atoms with Gasteiger partial charge in [-0.25, -0.2) is 0 Å². The minimum Gasteiger partial charge on any atom is -0.454 e. The molecule has 1 aliphatic heterocycles. The van der Waals surface area contributed by atoms with E-state index in [1.165, 1.54) is 44.9 Å². The van der Waals surface area contributed by atoms with Gasteiger partial charge in [-0.3, -0.25) is 9.59 Å². The molecule has 0 aromatic carbocycles. The first-order valence-corrected chi connectivity index (χ1v) is 25.6. The minimum absolute atomic E-state index is 0.0900.